The highest BCUT2D eigenvalue weighted by molar-refractivity contribution is 6.43. The molecule has 29 heavy (non-hydrogen) atoms. The van der Waals surface area contributed by atoms with Gasteiger partial charge in [0, 0.05) is 6.42 Å². The first-order valence-electron chi connectivity index (χ1n) is 9.27. The van der Waals surface area contributed by atoms with Crippen LogP contribution in [0.1, 0.15) is 18.1 Å². The molecule has 2 aromatic carbocycles. The second-order valence-electron chi connectivity index (χ2n) is 6.90. The number of amides is 2. The van der Waals surface area contributed by atoms with Crippen molar-refractivity contribution in [2.75, 3.05) is 0 Å². The van der Waals surface area contributed by atoms with Crippen molar-refractivity contribution in [3.05, 3.63) is 71.5 Å². The van der Waals surface area contributed by atoms with E-state index in [-0.39, 0.29) is 12.8 Å². The topological polar surface area (TPSA) is 125 Å². The van der Waals surface area contributed by atoms with Crippen LogP contribution >= 0.6 is 0 Å². The van der Waals surface area contributed by atoms with E-state index in [1.165, 1.54) is 25.1 Å². The number of hydrogen-bond acceptors (Lipinski definition) is 5. The average molecular weight is 401 g/mol. The Hall–Kier alpha value is -2.75. The Morgan fingerprint density at radius 2 is 1.66 bits per heavy atom. The average Bonchev–Trinajstić information content (AvgIpc) is 2.67. The number of halogens is 1. The third-order valence-electron chi connectivity index (χ3n) is 4.36. The maximum Gasteiger partial charge on any atom is 0.475 e. The van der Waals surface area contributed by atoms with E-state index in [1.807, 2.05) is 6.07 Å². The van der Waals surface area contributed by atoms with E-state index in [4.69, 9.17) is 5.73 Å². The van der Waals surface area contributed by atoms with Gasteiger partial charge < -0.3 is 26.4 Å². The molecule has 0 saturated heterocycles. The summed E-state index contributed by atoms with van der Waals surface area (Å²) in [5, 5.41) is 24.5. The first kappa shape index (κ1) is 22.5. The molecule has 0 fully saturated rings. The molecule has 0 aromatic heterocycles. The van der Waals surface area contributed by atoms with E-state index < -0.39 is 42.8 Å². The molecular weight excluding hydrogens is 376 g/mol. The van der Waals surface area contributed by atoms with Crippen LogP contribution in [0, 0.1) is 5.82 Å². The van der Waals surface area contributed by atoms with E-state index in [0.29, 0.717) is 5.56 Å². The standard InChI is InChI=1S/C20H25BFN3O4/c1-13(23)19(26)24-17(11-15-8-5-9-16(22)10-15)20(27)25-18(21(28)29)12-14-6-3-2-4-7-14/h2-10,13,17-18,28-29H,11-12,23H2,1H3,(H,24,26)(H,25,27)/t13-,17+,18-/m0/s1. The maximum atomic E-state index is 13.5. The van der Waals surface area contributed by atoms with E-state index in [2.05, 4.69) is 10.6 Å². The van der Waals surface area contributed by atoms with Crippen LogP contribution in [0.15, 0.2) is 54.6 Å². The summed E-state index contributed by atoms with van der Waals surface area (Å²) in [5.41, 5.74) is 6.87. The van der Waals surface area contributed by atoms with Crippen LogP contribution in [-0.4, -0.2) is 47.0 Å². The second-order valence-corrected chi connectivity index (χ2v) is 6.90. The lowest BCUT2D eigenvalue weighted by molar-refractivity contribution is -0.129. The summed E-state index contributed by atoms with van der Waals surface area (Å²) >= 11 is 0. The quantitative estimate of drug-likeness (QED) is 0.377. The molecule has 2 rings (SSSR count). The fourth-order valence-electron chi connectivity index (χ4n) is 2.79. The predicted molar refractivity (Wildman–Crippen MR) is 108 cm³/mol. The lowest BCUT2D eigenvalue weighted by atomic mass is 9.75. The molecule has 0 aliphatic carbocycles. The maximum absolute atomic E-state index is 13.5. The highest BCUT2D eigenvalue weighted by atomic mass is 19.1. The first-order chi connectivity index (χ1) is 13.8. The zero-order valence-electron chi connectivity index (χ0n) is 16.1. The summed E-state index contributed by atoms with van der Waals surface area (Å²) < 4.78 is 13.5. The van der Waals surface area contributed by atoms with Crippen LogP contribution in [0.3, 0.4) is 0 Å². The summed E-state index contributed by atoms with van der Waals surface area (Å²) in [4.78, 5) is 24.8. The molecule has 0 saturated carbocycles. The van der Waals surface area contributed by atoms with Crippen LogP contribution in [-0.2, 0) is 22.4 Å². The minimum absolute atomic E-state index is 0.0155. The third kappa shape index (κ3) is 7.30. The molecule has 7 nitrogen and oxygen atoms in total. The monoisotopic (exact) mass is 401 g/mol. The highest BCUT2D eigenvalue weighted by Gasteiger charge is 2.30. The fraction of sp³-hybridized carbons (Fsp3) is 0.300. The van der Waals surface area contributed by atoms with Crippen molar-refractivity contribution in [1.29, 1.82) is 0 Å². The lowest BCUT2D eigenvalue weighted by Gasteiger charge is -2.24. The molecule has 154 valence electrons. The zero-order chi connectivity index (χ0) is 21.4. The van der Waals surface area contributed by atoms with Crippen molar-refractivity contribution in [3.63, 3.8) is 0 Å². The minimum atomic E-state index is -1.81. The highest BCUT2D eigenvalue weighted by Crippen LogP contribution is 2.09. The van der Waals surface area contributed by atoms with Gasteiger partial charge in [-0.3, -0.25) is 9.59 Å². The number of hydrogen-bond donors (Lipinski definition) is 5. The van der Waals surface area contributed by atoms with Gasteiger partial charge >= 0.3 is 7.12 Å². The summed E-state index contributed by atoms with van der Waals surface area (Å²) in [5.74, 6) is -2.64. The zero-order valence-corrected chi connectivity index (χ0v) is 16.1. The van der Waals surface area contributed by atoms with Gasteiger partial charge in [-0.25, -0.2) is 4.39 Å². The minimum Gasteiger partial charge on any atom is -0.426 e. The smallest absolute Gasteiger partial charge is 0.426 e. The normalized spacial score (nSPS) is 13.8. The molecule has 0 unspecified atom stereocenters. The van der Waals surface area contributed by atoms with Crippen LogP contribution in [0.5, 0.6) is 0 Å². The van der Waals surface area contributed by atoms with Crippen molar-refractivity contribution < 1.29 is 24.0 Å². The van der Waals surface area contributed by atoms with Crippen molar-refractivity contribution in [1.82, 2.24) is 10.6 Å². The molecule has 9 heteroatoms. The molecule has 3 atom stereocenters. The molecule has 0 spiro atoms. The van der Waals surface area contributed by atoms with E-state index in [1.54, 1.807) is 30.3 Å². The van der Waals surface area contributed by atoms with Gasteiger partial charge in [0.25, 0.3) is 0 Å². The van der Waals surface area contributed by atoms with Crippen molar-refractivity contribution in [2.24, 2.45) is 5.73 Å². The summed E-state index contributed by atoms with van der Waals surface area (Å²) in [6.45, 7) is 1.47. The number of carbonyl (C=O) groups is 2. The van der Waals surface area contributed by atoms with Crippen LogP contribution in [0.4, 0.5) is 4.39 Å². The Balaban J connectivity index is 2.16. The van der Waals surface area contributed by atoms with Gasteiger partial charge in [-0.05, 0) is 36.6 Å². The van der Waals surface area contributed by atoms with Gasteiger partial charge in [0.05, 0.1) is 12.0 Å². The van der Waals surface area contributed by atoms with Crippen molar-refractivity contribution >= 4 is 18.9 Å². The molecule has 0 bridgehead atoms. The van der Waals surface area contributed by atoms with E-state index in [9.17, 15) is 24.0 Å². The van der Waals surface area contributed by atoms with Crippen LogP contribution < -0.4 is 16.4 Å². The van der Waals surface area contributed by atoms with Crippen molar-refractivity contribution in [2.45, 2.75) is 37.8 Å². The number of benzene rings is 2. The van der Waals surface area contributed by atoms with Crippen molar-refractivity contribution in [3.8, 4) is 0 Å². The number of nitrogens with one attached hydrogen (secondary N) is 2. The molecule has 2 aromatic rings. The Bertz CT molecular complexity index is 820. The van der Waals surface area contributed by atoms with Gasteiger partial charge in [0.15, 0.2) is 0 Å². The Morgan fingerprint density at radius 3 is 2.24 bits per heavy atom. The van der Waals surface area contributed by atoms with Gasteiger partial charge in [-0.15, -0.1) is 0 Å². The number of nitrogens with two attached hydrogens (primary N) is 1. The molecule has 0 radical (unpaired) electrons. The van der Waals surface area contributed by atoms with Gasteiger partial charge in [-0.2, -0.15) is 0 Å². The van der Waals surface area contributed by atoms with Gasteiger partial charge in [0.1, 0.15) is 11.9 Å². The van der Waals surface area contributed by atoms with Crippen LogP contribution in [0.2, 0.25) is 0 Å². The molecular formula is C20H25BFN3O4. The Kier molecular flexibility index (Phi) is 8.32. The lowest BCUT2D eigenvalue weighted by Crippen LogP contribution is -2.56. The fourth-order valence-corrected chi connectivity index (χ4v) is 2.79. The summed E-state index contributed by atoms with van der Waals surface area (Å²) in [7, 11) is -1.81. The Morgan fingerprint density at radius 1 is 1.00 bits per heavy atom. The Labute approximate surface area is 169 Å². The number of carbonyl (C=O) groups excluding carboxylic acids is 2. The third-order valence-corrected chi connectivity index (χ3v) is 4.36. The summed E-state index contributed by atoms with van der Waals surface area (Å²) in [6, 6.07) is 12.8. The molecule has 6 N–H and O–H groups in total. The first-order valence-corrected chi connectivity index (χ1v) is 9.27. The number of rotatable bonds is 9. The SMILES string of the molecule is C[C@H](N)C(=O)N[C@H](Cc1cccc(F)c1)C(=O)N[C@@H](Cc1ccccc1)B(O)O. The van der Waals surface area contributed by atoms with Gasteiger partial charge in [-0.1, -0.05) is 42.5 Å². The molecule has 0 aliphatic rings. The second kappa shape index (κ2) is 10.7. The largest absolute Gasteiger partial charge is 0.475 e. The van der Waals surface area contributed by atoms with E-state index >= 15 is 0 Å². The molecule has 0 heterocycles. The molecule has 0 aliphatic heterocycles. The molecule has 2 amide bonds. The predicted octanol–water partition coefficient (Wildman–Crippen LogP) is -0.0603. The summed E-state index contributed by atoms with van der Waals surface area (Å²) in [6.07, 6.45) is 0.194. The van der Waals surface area contributed by atoms with Crippen LogP contribution in [0.25, 0.3) is 0 Å². The van der Waals surface area contributed by atoms with E-state index in [0.717, 1.165) is 5.56 Å². The van der Waals surface area contributed by atoms with Gasteiger partial charge in [0.2, 0.25) is 11.8 Å².